The minimum absolute atomic E-state index is 0. The van der Waals surface area contributed by atoms with Crippen molar-refractivity contribution in [3.63, 3.8) is 0 Å². The molecule has 28 valence electrons. The molecule has 0 aromatic heterocycles. The smallest absolute Gasteiger partial charge is 1.00 e. The van der Waals surface area contributed by atoms with Crippen LogP contribution < -0.4 is 0 Å². The van der Waals surface area contributed by atoms with Gasteiger partial charge in [-0.1, -0.05) is 0 Å². The van der Waals surface area contributed by atoms with E-state index in [-0.39, 0.29) is 51.7 Å². The van der Waals surface area contributed by atoms with E-state index in [0.29, 0.717) is 0 Å². The summed E-state index contributed by atoms with van der Waals surface area (Å²) < 4.78 is 0. The molecule has 0 rings (SSSR count). The second kappa shape index (κ2) is 8.84. The molecule has 0 atom stereocenters. The fourth-order valence-corrected chi connectivity index (χ4v) is 0. The zero-order valence-corrected chi connectivity index (χ0v) is 6.94. The summed E-state index contributed by atoms with van der Waals surface area (Å²) in [4.78, 5) is 0. The summed E-state index contributed by atoms with van der Waals surface area (Å²) in [5, 5.41) is 18.0. The first-order chi connectivity index (χ1) is 1.91. The van der Waals surface area contributed by atoms with Crippen LogP contribution in [0.15, 0.2) is 10.6 Å². The van der Waals surface area contributed by atoms with E-state index in [1.807, 2.05) is 10.6 Å². The number of nitrogens with zero attached hydrogens (tertiary/aromatic N) is 2. The normalized spacial score (nSPS) is 7.20. The van der Waals surface area contributed by atoms with Crippen LogP contribution in [-0.4, -0.2) is 59.3 Å². The topological polar surface area (TPSA) is 65.2 Å². The molecule has 5 heteroatoms. The molecular formula is H4BaN2O2. The van der Waals surface area contributed by atoms with Crippen LogP contribution in [0.25, 0.3) is 0 Å². The van der Waals surface area contributed by atoms with Crippen molar-refractivity contribution in [1.82, 2.24) is 0 Å². The van der Waals surface area contributed by atoms with Crippen molar-refractivity contribution in [2.75, 3.05) is 0 Å². The summed E-state index contributed by atoms with van der Waals surface area (Å²) in [7, 11) is 0. The van der Waals surface area contributed by atoms with Crippen molar-refractivity contribution in [3.8, 4) is 0 Å². The molecular weight excluding hydrogens is 197 g/mol. The molecule has 0 aliphatic heterocycles. The van der Waals surface area contributed by atoms with Gasteiger partial charge in [0, 0.05) is 0 Å². The molecule has 2 N–H and O–H groups in total. The van der Waals surface area contributed by atoms with E-state index in [1.54, 1.807) is 0 Å². The van der Waals surface area contributed by atoms with E-state index >= 15 is 0 Å². The third-order valence-corrected chi connectivity index (χ3v) is 0.0400. The number of hydrogen-bond acceptors (Lipinski definition) is 2. The average molecular weight is 201 g/mol. The van der Waals surface area contributed by atoms with Gasteiger partial charge in [-0.05, 0) is 0 Å². The Morgan fingerprint density at radius 2 is 1.40 bits per heavy atom. The van der Waals surface area contributed by atoms with E-state index in [0.717, 1.165) is 0 Å². The van der Waals surface area contributed by atoms with Gasteiger partial charge in [0.15, 0.2) is 0 Å². The maximum absolute atomic E-state index is 7.08. The third-order valence-electron chi connectivity index (χ3n) is 0.0400. The molecule has 0 radical (unpaired) electrons. The molecule has 4 nitrogen and oxygen atoms in total. The Balaban J connectivity index is -0.0000000150. The van der Waals surface area contributed by atoms with Gasteiger partial charge in [0.25, 0.3) is 0 Å². The average Bonchev–Trinajstić information content (AvgIpc) is 1.37. The van der Waals surface area contributed by atoms with Crippen molar-refractivity contribution in [2.24, 2.45) is 10.6 Å². The largest absolute Gasteiger partial charge is 2.00 e. The van der Waals surface area contributed by atoms with Gasteiger partial charge in [-0.3, -0.25) is 0 Å². The maximum Gasteiger partial charge on any atom is 2.00 e. The fourth-order valence-electron chi connectivity index (χ4n) is 0. The Labute approximate surface area is 71.9 Å². The maximum atomic E-state index is 7.08. The van der Waals surface area contributed by atoms with Gasteiger partial charge in [0.2, 0.25) is 0 Å². The Morgan fingerprint density at radius 3 is 1.40 bits per heavy atom. The molecule has 0 saturated heterocycles. The zero-order chi connectivity index (χ0) is 3.41. The van der Waals surface area contributed by atoms with Crippen LogP contribution in [0.2, 0.25) is 0 Å². The van der Waals surface area contributed by atoms with Crippen LogP contribution in [0.3, 0.4) is 0 Å². The molecule has 0 spiro atoms. The van der Waals surface area contributed by atoms with Gasteiger partial charge >= 0.3 is 48.9 Å². The van der Waals surface area contributed by atoms with Crippen molar-refractivity contribution in [1.29, 1.82) is 0 Å². The van der Waals surface area contributed by atoms with Gasteiger partial charge in [0.1, 0.15) is 0 Å². The monoisotopic (exact) mass is 202 g/mol. The Morgan fingerprint density at radius 1 is 1.20 bits per heavy atom. The minimum atomic E-state index is 0. The SMILES string of the molecule is ON=NO.[Ba+2].[H-].[H-]. The number of rotatable bonds is 0. The summed E-state index contributed by atoms with van der Waals surface area (Å²) in [6.45, 7) is 0. The molecule has 0 aromatic rings. The Kier molecular flexibility index (Phi) is 16.3. The van der Waals surface area contributed by atoms with Crippen LogP contribution in [-0.2, 0) is 0 Å². The van der Waals surface area contributed by atoms with Crippen molar-refractivity contribution < 1.29 is 13.3 Å². The zero-order valence-electron chi connectivity index (χ0n) is 4.50. The quantitative estimate of drug-likeness (QED) is 0.331. The minimum Gasteiger partial charge on any atom is -1.00 e. The first kappa shape index (κ1) is 9.24. The van der Waals surface area contributed by atoms with Crippen LogP contribution in [0, 0.1) is 0 Å². The third kappa shape index (κ3) is 11.7. The van der Waals surface area contributed by atoms with Gasteiger partial charge in [-0.2, -0.15) is 0 Å². The standard InChI is InChI=1S/Ba.H2N2O2.2H/c;3-1-2-4;;/h;(H,1,4)(H,2,3);;/q+2;;2*-1. The predicted octanol–water partition coefficient (Wildman–Crippen LogP) is 0.0612. The van der Waals surface area contributed by atoms with Crippen molar-refractivity contribution in [2.45, 2.75) is 0 Å². The van der Waals surface area contributed by atoms with E-state index in [9.17, 15) is 0 Å². The van der Waals surface area contributed by atoms with Crippen LogP contribution in [0.1, 0.15) is 2.85 Å². The predicted molar refractivity (Wildman–Crippen MR) is 16.4 cm³/mol. The fraction of sp³-hybridized carbons (Fsp3) is 0. The second-order valence-corrected chi connectivity index (χ2v) is 0.179. The van der Waals surface area contributed by atoms with E-state index < -0.39 is 0 Å². The molecule has 0 unspecified atom stereocenters. The Bertz CT molecular complexity index is 28.9. The summed E-state index contributed by atoms with van der Waals surface area (Å²) in [6, 6.07) is 0. The molecule has 0 amide bonds. The summed E-state index contributed by atoms with van der Waals surface area (Å²) in [6.07, 6.45) is 0. The molecule has 0 aromatic carbocycles. The molecule has 0 fully saturated rings. The molecule has 0 aliphatic carbocycles. The van der Waals surface area contributed by atoms with Crippen molar-refractivity contribution >= 4 is 48.9 Å². The van der Waals surface area contributed by atoms with E-state index in [1.165, 1.54) is 0 Å². The van der Waals surface area contributed by atoms with E-state index in [2.05, 4.69) is 0 Å². The molecule has 0 bridgehead atoms. The molecule has 0 heterocycles. The summed E-state index contributed by atoms with van der Waals surface area (Å²) in [5.74, 6) is 0. The van der Waals surface area contributed by atoms with Crippen LogP contribution in [0.4, 0.5) is 0 Å². The summed E-state index contributed by atoms with van der Waals surface area (Å²) >= 11 is 0. The van der Waals surface area contributed by atoms with Gasteiger partial charge in [-0.25, -0.2) is 0 Å². The van der Waals surface area contributed by atoms with Crippen molar-refractivity contribution in [3.05, 3.63) is 0 Å². The second-order valence-electron chi connectivity index (χ2n) is 0.179. The Hall–Kier alpha value is 0.771. The van der Waals surface area contributed by atoms with Gasteiger partial charge in [-0.15, -0.1) is 0 Å². The first-order valence-electron chi connectivity index (χ1n) is 0.600. The number of hydrogen-bond donors (Lipinski definition) is 2. The first-order valence-corrected chi connectivity index (χ1v) is 0.600. The molecule has 0 aliphatic rings. The summed E-state index contributed by atoms with van der Waals surface area (Å²) in [5.41, 5.74) is 0. The van der Waals surface area contributed by atoms with Gasteiger partial charge < -0.3 is 13.3 Å². The van der Waals surface area contributed by atoms with Gasteiger partial charge in [0.05, 0.1) is 10.6 Å². The van der Waals surface area contributed by atoms with Crippen LogP contribution >= 0.6 is 0 Å². The molecule has 5 heavy (non-hydrogen) atoms. The van der Waals surface area contributed by atoms with Crippen LogP contribution in [0.5, 0.6) is 0 Å². The molecule has 0 saturated carbocycles. The van der Waals surface area contributed by atoms with E-state index in [4.69, 9.17) is 10.4 Å².